The van der Waals surface area contributed by atoms with Crippen molar-refractivity contribution in [1.82, 2.24) is 5.32 Å². The van der Waals surface area contributed by atoms with Gasteiger partial charge in [0.05, 0.1) is 25.4 Å². The molecule has 0 aromatic heterocycles. The van der Waals surface area contributed by atoms with E-state index in [0.29, 0.717) is 19.3 Å². The molecule has 1 rings (SSSR count). The Morgan fingerprint density at radius 2 is 0.675 bits per heavy atom. The average Bonchev–Trinajstić information content (AvgIpc) is 3.43. The molecule has 0 aromatic rings. The zero-order chi connectivity index (χ0) is 56.1. The number of aliphatic hydroxyl groups excluding tert-OH is 7. The number of ether oxygens (including phenoxy) is 2. The minimum Gasteiger partial charge on any atom is -0.394 e. The predicted octanol–water partition coefficient (Wildman–Crippen LogP) is 15.7. The molecule has 1 saturated heterocycles. The maximum atomic E-state index is 13.2. The fourth-order valence-corrected chi connectivity index (χ4v) is 11.4. The Morgan fingerprint density at radius 1 is 0.403 bits per heavy atom. The highest BCUT2D eigenvalue weighted by molar-refractivity contribution is 5.80. The van der Waals surface area contributed by atoms with E-state index in [4.69, 9.17) is 9.47 Å². The van der Waals surface area contributed by atoms with Gasteiger partial charge in [0.25, 0.3) is 0 Å². The summed E-state index contributed by atoms with van der Waals surface area (Å²) in [6.07, 6.45) is 54.6. The molecule has 11 nitrogen and oxygen atoms in total. The van der Waals surface area contributed by atoms with Gasteiger partial charge >= 0.3 is 0 Å². The third-order valence-electron chi connectivity index (χ3n) is 16.9. The lowest BCUT2D eigenvalue weighted by molar-refractivity contribution is -0.303. The molecule has 0 saturated carbocycles. The highest BCUT2D eigenvalue weighted by Gasteiger charge is 2.44. The normalized spacial score (nSPS) is 19.4. The molecule has 0 bridgehead atoms. The summed E-state index contributed by atoms with van der Waals surface area (Å²) in [6.45, 7) is 3.52. The van der Waals surface area contributed by atoms with Gasteiger partial charge in [0.1, 0.15) is 36.6 Å². The first kappa shape index (κ1) is 74.1. The summed E-state index contributed by atoms with van der Waals surface area (Å²) < 4.78 is 11.2. The predicted molar refractivity (Wildman–Crippen MR) is 321 cm³/mol. The molecule has 0 spiro atoms. The van der Waals surface area contributed by atoms with Crippen molar-refractivity contribution in [3.8, 4) is 0 Å². The number of carbonyl (C=O) groups is 1. The van der Waals surface area contributed by atoms with Gasteiger partial charge < -0.3 is 50.5 Å². The van der Waals surface area contributed by atoms with Crippen LogP contribution in [0.15, 0.2) is 0 Å². The van der Waals surface area contributed by atoms with Crippen LogP contribution in [0.25, 0.3) is 0 Å². The lowest BCUT2D eigenvalue weighted by atomic mass is 9.98. The van der Waals surface area contributed by atoms with Gasteiger partial charge in [0.2, 0.25) is 5.91 Å². The molecule has 1 fully saturated rings. The topological polar surface area (TPSA) is 189 Å². The van der Waals surface area contributed by atoms with Crippen LogP contribution in [-0.2, 0) is 14.3 Å². The summed E-state index contributed by atoms with van der Waals surface area (Å²) in [5, 5.41) is 76.5. The Hall–Kier alpha value is -0.890. The highest BCUT2D eigenvalue weighted by Crippen LogP contribution is 2.24. The minimum atomic E-state index is -1.66. The van der Waals surface area contributed by atoms with Crippen molar-refractivity contribution >= 4 is 5.91 Å². The zero-order valence-corrected chi connectivity index (χ0v) is 50.7. The van der Waals surface area contributed by atoms with Crippen LogP contribution in [0.3, 0.4) is 0 Å². The second kappa shape index (κ2) is 55.6. The fourth-order valence-electron chi connectivity index (χ4n) is 11.4. The first-order chi connectivity index (χ1) is 37.7. The van der Waals surface area contributed by atoms with E-state index in [1.54, 1.807) is 0 Å². The maximum Gasteiger partial charge on any atom is 0.249 e. The molecule has 0 radical (unpaired) electrons. The van der Waals surface area contributed by atoms with Gasteiger partial charge in [-0.25, -0.2) is 0 Å². The van der Waals surface area contributed by atoms with E-state index in [0.717, 1.165) is 38.5 Å². The van der Waals surface area contributed by atoms with Crippen LogP contribution >= 0.6 is 0 Å². The zero-order valence-electron chi connectivity index (χ0n) is 50.7. The van der Waals surface area contributed by atoms with Crippen LogP contribution in [0.1, 0.15) is 348 Å². The SMILES string of the molecule is CCCCCCCCCCCCCCCCCCCCCCCCCCCCCCCC(O)C(O)C(COC1OC(CO)C(O)C(O)C1O)NC(=O)C(O)CCCCCCCCCCCCCCCCCCCCCCC. The van der Waals surface area contributed by atoms with Crippen LogP contribution < -0.4 is 5.32 Å². The van der Waals surface area contributed by atoms with Crippen molar-refractivity contribution in [1.29, 1.82) is 0 Å². The van der Waals surface area contributed by atoms with Gasteiger partial charge in [0.15, 0.2) is 6.29 Å². The molecule has 460 valence electrons. The number of unbranched alkanes of at least 4 members (excludes halogenated alkanes) is 48. The van der Waals surface area contributed by atoms with E-state index in [1.807, 2.05) is 0 Å². The van der Waals surface area contributed by atoms with E-state index < -0.39 is 74.2 Å². The van der Waals surface area contributed by atoms with Crippen molar-refractivity contribution in [3.05, 3.63) is 0 Å². The van der Waals surface area contributed by atoms with Crippen molar-refractivity contribution in [2.45, 2.75) is 403 Å². The third-order valence-corrected chi connectivity index (χ3v) is 16.9. The van der Waals surface area contributed by atoms with Gasteiger partial charge in [0, 0.05) is 0 Å². The Bertz CT molecular complexity index is 1210. The van der Waals surface area contributed by atoms with Crippen LogP contribution in [0.4, 0.5) is 0 Å². The third kappa shape index (κ3) is 43.5. The lowest BCUT2D eigenvalue weighted by Crippen LogP contribution is -2.60. The van der Waals surface area contributed by atoms with Crippen molar-refractivity contribution < 1.29 is 50.0 Å². The number of aliphatic hydroxyl groups is 7. The molecule has 0 aliphatic carbocycles. The smallest absolute Gasteiger partial charge is 0.249 e. The molecular weight excluding hydrogens is 967 g/mol. The van der Waals surface area contributed by atoms with Crippen LogP contribution in [0.5, 0.6) is 0 Å². The largest absolute Gasteiger partial charge is 0.394 e. The molecular formula is C66H131NO10. The summed E-state index contributed by atoms with van der Waals surface area (Å²) in [7, 11) is 0. The second-order valence-corrected chi connectivity index (χ2v) is 24.3. The Labute approximate surface area is 475 Å². The molecule has 1 heterocycles. The molecule has 9 atom stereocenters. The van der Waals surface area contributed by atoms with Crippen molar-refractivity contribution in [3.63, 3.8) is 0 Å². The standard InChI is InChI=1S/C66H131NO10/c1-3-5-7-9-11-13-15-17-19-21-23-25-26-27-28-29-30-31-32-34-35-37-39-41-43-45-47-49-51-53-58(69)61(71)57(56-76-66-64(74)63(73)62(72)60(55-68)77-66)67-65(75)59(70)54-52-50-48-46-44-42-40-38-36-33-24-22-20-18-16-14-12-10-8-6-4-2/h57-64,66,68-74H,3-56H2,1-2H3,(H,67,75). The Morgan fingerprint density at radius 3 is 0.961 bits per heavy atom. The quantitative estimate of drug-likeness (QED) is 0.0272. The van der Waals surface area contributed by atoms with E-state index in [-0.39, 0.29) is 6.42 Å². The number of rotatable bonds is 60. The molecule has 1 aliphatic heterocycles. The Kier molecular flexibility index (Phi) is 53.6. The van der Waals surface area contributed by atoms with Crippen LogP contribution in [0, 0.1) is 0 Å². The lowest BCUT2D eigenvalue weighted by Gasteiger charge is -2.40. The average molecular weight is 1100 g/mol. The number of amides is 1. The molecule has 9 unspecified atom stereocenters. The van der Waals surface area contributed by atoms with Crippen LogP contribution in [0.2, 0.25) is 0 Å². The number of hydrogen-bond donors (Lipinski definition) is 8. The Balaban J connectivity index is 2.20. The summed E-state index contributed by atoms with van der Waals surface area (Å²) >= 11 is 0. The molecule has 11 heteroatoms. The van der Waals surface area contributed by atoms with Gasteiger partial charge in [-0.2, -0.15) is 0 Å². The molecule has 0 aromatic carbocycles. The summed E-state index contributed by atoms with van der Waals surface area (Å²) in [6, 6.07) is -1.16. The number of carbonyl (C=O) groups excluding carboxylic acids is 1. The fraction of sp³-hybridized carbons (Fsp3) is 0.985. The second-order valence-electron chi connectivity index (χ2n) is 24.3. The van der Waals surface area contributed by atoms with E-state index >= 15 is 0 Å². The minimum absolute atomic E-state index is 0.267. The molecule has 8 N–H and O–H groups in total. The number of hydrogen-bond acceptors (Lipinski definition) is 10. The highest BCUT2D eigenvalue weighted by atomic mass is 16.7. The van der Waals surface area contributed by atoms with Crippen LogP contribution in [-0.4, -0.2) is 110 Å². The molecule has 1 aliphatic rings. The van der Waals surface area contributed by atoms with E-state index in [1.165, 1.54) is 270 Å². The van der Waals surface area contributed by atoms with Crippen molar-refractivity contribution in [2.75, 3.05) is 13.2 Å². The molecule has 77 heavy (non-hydrogen) atoms. The van der Waals surface area contributed by atoms with Gasteiger partial charge in [-0.05, 0) is 12.8 Å². The summed E-state index contributed by atoms with van der Waals surface area (Å²) in [5.74, 6) is -0.687. The number of nitrogens with one attached hydrogen (secondary N) is 1. The first-order valence-electron chi connectivity index (χ1n) is 33.9. The van der Waals surface area contributed by atoms with E-state index in [9.17, 15) is 40.5 Å². The maximum absolute atomic E-state index is 13.2. The molecule has 1 amide bonds. The van der Waals surface area contributed by atoms with Crippen molar-refractivity contribution in [2.24, 2.45) is 0 Å². The van der Waals surface area contributed by atoms with E-state index in [2.05, 4.69) is 19.2 Å². The monoisotopic (exact) mass is 1100 g/mol. The van der Waals surface area contributed by atoms with Gasteiger partial charge in [-0.3, -0.25) is 4.79 Å². The first-order valence-corrected chi connectivity index (χ1v) is 33.9. The summed E-state index contributed by atoms with van der Waals surface area (Å²) in [4.78, 5) is 13.2. The summed E-state index contributed by atoms with van der Waals surface area (Å²) in [5.41, 5.74) is 0. The van der Waals surface area contributed by atoms with Gasteiger partial charge in [-0.1, -0.05) is 335 Å². The van der Waals surface area contributed by atoms with Gasteiger partial charge in [-0.15, -0.1) is 0 Å².